The number of fused-ring (bicyclic) bond motifs is 8. The molecule has 3 aliphatic carbocycles. The van der Waals surface area contributed by atoms with Gasteiger partial charge < -0.3 is 9.47 Å². The van der Waals surface area contributed by atoms with Gasteiger partial charge in [0.2, 0.25) is 0 Å². The van der Waals surface area contributed by atoms with E-state index in [1.807, 2.05) is 0 Å². The minimum absolute atomic E-state index is 0.135. The van der Waals surface area contributed by atoms with Crippen LogP contribution >= 0.6 is 0 Å². The number of para-hydroxylation sites is 2. The maximum atomic E-state index is 2.57. The molecule has 3 atom stereocenters. The number of hydrogen-bond acceptors (Lipinski definition) is 1. The standard InChI is InChI=1S/C64H60N2/c1-6-44-37-45-17-16-34-64(40-44,41-45)49-28-26-46(27-29-49)48-35-42(2)62(43(3)36-48)66(51-30-32-53-52-20-10-13-23-57(52)63(4,5)58(53)39-51)61-33-31-50(38-56(61)47-18-8-7-9-19-47)65-59-24-14-11-21-54(59)55-22-12-15-25-60(55)65/h7-15,18-33,35-36,38-39,44-45H,6,16-17,34,37,40-41H2,1-5H3. The molecule has 1 heterocycles. The second-order valence-corrected chi connectivity index (χ2v) is 20.7. The number of rotatable bonds is 8. The van der Waals surface area contributed by atoms with Gasteiger partial charge in [-0.1, -0.05) is 161 Å². The third-order valence-corrected chi connectivity index (χ3v) is 16.4. The van der Waals surface area contributed by atoms with Crippen LogP contribution in [0.15, 0.2) is 176 Å². The van der Waals surface area contributed by atoms with E-state index in [1.54, 1.807) is 5.56 Å². The Morgan fingerprint density at radius 2 is 1.24 bits per heavy atom. The molecule has 8 aromatic carbocycles. The van der Waals surface area contributed by atoms with Crippen molar-refractivity contribution in [1.82, 2.24) is 4.57 Å². The molecule has 66 heavy (non-hydrogen) atoms. The molecule has 2 heteroatoms. The Kier molecular flexibility index (Phi) is 9.76. The maximum absolute atomic E-state index is 2.57. The highest BCUT2D eigenvalue weighted by Gasteiger charge is 2.43. The Labute approximate surface area is 391 Å². The summed E-state index contributed by atoms with van der Waals surface area (Å²) in [6.45, 7) is 11.8. The van der Waals surface area contributed by atoms with Crippen LogP contribution in [0.5, 0.6) is 0 Å². The van der Waals surface area contributed by atoms with Gasteiger partial charge in [0.25, 0.3) is 0 Å². The highest BCUT2D eigenvalue weighted by Crippen LogP contribution is 2.55. The number of aryl methyl sites for hydroxylation is 2. The molecule has 0 amide bonds. The molecule has 3 unspecified atom stereocenters. The lowest BCUT2D eigenvalue weighted by Gasteiger charge is -2.49. The molecule has 3 aliphatic rings. The first-order valence-corrected chi connectivity index (χ1v) is 24.7. The second kappa shape index (κ2) is 15.8. The van der Waals surface area contributed by atoms with Crippen molar-refractivity contribution in [3.05, 3.63) is 204 Å². The molecular formula is C64H60N2. The van der Waals surface area contributed by atoms with Crippen LogP contribution < -0.4 is 4.90 Å². The summed E-state index contributed by atoms with van der Waals surface area (Å²) in [4.78, 5) is 2.57. The first-order chi connectivity index (χ1) is 32.2. The average molecular weight is 857 g/mol. The molecular weight excluding hydrogens is 797 g/mol. The van der Waals surface area contributed by atoms with Crippen molar-refractivity contribution in [3.8, 4) is 39.1 Å². The van der Waals surface area contributed by atoms with Gasteiger partial charge in [0, 0.05) is 33.1 Å². The van der Waals surface area contributed by atoms with Gasteiger partial charge in [-0.15, -0.1) is 0 Å². The zero-order chi connectivity index (χ0) is 44.7. The number of anilines is 3. The van der Waals surface area contributed by atoms with Crippen LogP contribution in [0.4, 0.5) is 17.1 Å². The molecule has 1 aromatic heterocycles. The summed E-state index contributed by atoms with van der Waals surface area (Å²) in [7, 11) is 0. The molecule has 2 fully saturated rings. The molecule has 12 rings (SSSR count). The largest absolute Gasteiger partial charge is 0.309 e. The van der Waals surface area contributed by atoms with E-state index in [2.05, 4.69) is 220 Å². The monoisotopic (exact) mass is 856 g/mol. The van der Waals surface area contributed by atoms with Crippen molar-refractivity contribution in [1.29, 1.82) is 0 Å². The quantitative estimate of drug-likeness (QED) is 0.148. The van der Waals surface area contributed by atoms with Crippen LogP contribution in [0.1, 0.15) is 93.5 Å². The van der Waals surface area contributed by atoms with Gasteiger partial charge in [0.05, 0.1) is 22.4 Å². The first-order valence-electron chi connectivity index (χ1n) is 24.7. The molecule has 2 bridgehead atoms. The summed E-state index contributed by atoms with van der Waals surface area (Å²) in [6.07, 6.45) is 9.64. The van der Waals surface area contributed by atoms with Gasteiger partial charge in [-0.3, -0.25) is 0 Å². The van der Waals surface area contributed by atoms with Crippen molar-refractivity contribution in [2.45, 2.75) is 90.4 Å². The fourth-order valence-corrected chi connectivity index (χ4v) is 13.3. The molecule has 0 spiro atoms. The van der Waals surface area contributed by atoms with Crippen LogP contribution in [-0.2, 0) is 10.8 Å². The molecule has 0 radical (unpaired) electrons. The van der Waals surface area contributed by atoms with E-state index in [0.717, 1.165) is 23.2 Å². The molecule has 0 aliphatic heterocycles. The zero-order valence-electron chi connectivity index (χ0n) is 39.2. The molecule has 0 saturated heterocycles. The fourth-order valence-electron chi connectivity index (χ4n) is 13.3. The van der Waals surface area contributed by atoms with E-state index >= 15 is 0 Å². The highest BCUT2D eigenvalue weighted by molar-refractivity contribution is 6.09. The second-order valence-electron chi connectivity index (χ2n) is 20.7. The third kappa shape index (κ3) is 6.51. The van der Waals surface area contributed by atoms with Crippen molar-refractivity contribution < 1.29 is 0 Å². The first kappa shape index (κ1) is 40.8. The molecule has 2 saturated carbocycles. The maximum Gasteiger partial charge on any atom is 0.0541 e. The lowest BCUT2D eigenvalue weighted by atomic mass is 9.56. The van der Waals surface area contributed by atoms with E-state index in [0.29, 0.717) is 5.41 Å². The fraction of sp³-hybridized carbons (Fsp3) is 0.250. The lowest BCUT2D eigenvalue weighted by Crippen LogP contribution is -2.40. The molecule has 0 N–H and O–H groups in total. The summed E-state index contributed by atoms with van der Waals surface area (Å²) < 4.78 is 2.44. The van der Waals surface area contributed by atoms with Crippen LogP contribution in [0.3, 0.4) is 0 Å². The van der Waals surface area contributed by atoms with Crippen molar-refractivity contribution in [2.24, 2.45) is 11.8 Å². The number of nitrogens with zero attached hydrogens (tertiary/aromatic N) is 2. The third-order valence-electron chi connectivity index (χ3n) is 16.4. The predicted octanol–water partition coefficient (Wildman–Crippen LogP) is 17.8. The summed E-state index contributed by atoms with van der Waals surface area (Å²) in [5.41, 5.74) is 21.8. The topological polar surface area (TPSA) is 8.17 Å². The number of benzene rings is 8. The minimum atomic E-state index is -0.135. The number of aromatic nitrogens is 1. The normalized spacial score (nSPS) is 19.5. The highest BCUT2D eigenvalue weighted by atomic mass is 15.2. The van der Waals surface area contributed by atoms with Crippen LogP contribution in [-0.4, -0.2) is 4.57 Å². The van der Waals surface area contributed by atoms with Gasteiger partial charge in [0.15, 0.2) is 0 Å². The van der Waals surface area contributed by atoms with E-state index in [1.165, 1.54) is 134 Å². The number of hydrogen-bond donors (Lipinski definition) is 0. The van der Waals surface area contributed by atoms with Gasteiger partial charge in [-0.25, -0.2) is 0 Å². The van der Waals surface area contributed by atoms with Crippen molar-refractivity contribution >= 4 is 38.9 Å². The van der Waals surface area contributed by atoms with E-state index in [-0.39, 0.29) is 5.41 Å². The van der Waals surface area contributed by atoms with Crippen LogP contribution in [0.2, 0.25) is 0 Å². The molecule has 2 nitrogen and oxygen atoms in total. The van der Waals surface area contributed by atoms with Crippen molar-refractivity contribution in [2.75, 3.05) is 4.90 Å². The van der Waals surface area contributed by atoms with E-state index in [4.69, 9.17) is 0 Å². The predicted molar refractivity (Wildman–Crippen MR) is 280 cm³/mol. The minimum Gasteiger partial charge on any atom is -0.309 e. The summed E-state index contributed by atoms with van der Waals surface area (Å²) >= 11 is 0. The van der Waals surface area contributed by atoms with Crippen molar-refractivity contribution in [3.63, 3.8) is 0 Å². The Balaban J connectivity index is 1.03. The van der Waals surface area contributed by atoms with Gasteiger partial charge in [-0.2, -0.15) is 0 Å². The summed E-state index contributed by atoms with van der Waals surface area (Å²) in [6, 6.07) is 66.7. The Hall–Kier alpha value is -6.64. The van der Waals surface area contributed by atoms with E-state index < -0.39 is 0 Å². The van der Waals surface area contributed by atoms with Gasteiger partial charge in [-0.05, 0) is 167 Å². The van der Waals surface area contributed by atoms with Gasteiger partial charge >= 0.3 is 0 Å². The molecule has 9 aromatic rings. The Morgan fingerprint density at radius 3 is 1.97 bits per heavy atom. The zero-order valence-corrected chi connectivity index (χ0v) is 39.2. The Morgan fingerprint density at radius 1 is 0.576 bits per heavy atom. The van der Waals surface area contributed by atoms with Gasteiger partial charge in [0.1, 0.15) is 0 Å². The lowest BCUT2D eigenvalue weighted by molar-refractivity contribution is 0.100. The Bertz CT molecular complexity index is 3240. The van der Waals surface area contributed by atoms with E-state index in [9.17, 15) is 0 Å². The summed E-state index contributed by atoms with van der Waals surface area (Å²) in [5.74, 6) is 1.76. The smallest absolute Gasteiger partial charge is 0.0541 e. The average Bonchev–Trinajstić information content (AvgIpc) is 3.80. The summed E-state index contributed by atoms with van der Waals surface area (Å²) in [5, 5.41) is 2.54. The van der Waals surface area contributed by atoms with Crippen LogP contribution in [0.25, 0.3) is 60.9 Å². The molecule has 326 valence electrons. The SMILES string of the molecule is CCC1CC2CCCC(c3ccc(-c4cc(C)c(N(c5ccc6c(c5)C(C)(C)c5ccccc5-6)c5ccc(-n6c7ccccc7c7ccccc76)cc5-c5ccccc5)c(C)c4)cc3)(C1)C2. The van der Waals surface area contributed by atoms with Crippen LogP contribution in [0, 0.1) is 25.7 Å².